The molecule has 6 aromatic carbocycles. The Morgan fingerprint density at radius 2 is 0.750 bits per heavy atom. The summed E-state index contributed by atoms with van der Waals surface area (Å²) in [6.07, 6.45) is 0. The Bertz CT molecular complexity index is 1870. The number of rotatable bonds is 5. The van der Waals surface area contributed by atoms with E-state index in [0.29, 0.717) is 17.5 Å². The van der Waals surface area contributed by atoms with Crippen molar-refractivity contribution in [2.24, 2.45) is 0 Å². The third kappa shape index (κ3) is 4.65. The molecule has 0 amide bonds. The maximum Gasteiger partial charge on any atom is 0.164 e. The molecule has 0 N–H and O–H groups in total. The Labute approximate surface area is 233 Å². The van der Waals surface area contributed by atoms with Crippen molar-refractivity contribution >= 4 is 10.8 Å². The highest BCUT2D eigenvalue weighted by atomic mass is 15.0. The first-order valence-corrected chi connectivity index (χ1v) is 13.4. The summed E-state index contributed by atoms with van der Waals surface area (Å²) < 4.78 is 0. The van der Waals surface area contributed by atoms with Crippen molar-refractivity contribution in [2.75, 3.05) is 0 Å². The molecule has 0 saturated carbocycles. The van der Waals surface area contributed by atoms with Crippen LogP contribution in [0.2, 0.25) is 0 Å². The molecule has 0 bridgehead atoms. The summed E-state index contributed by atoms with van der Waals surface area (Å²) in [6, 6.07) is 52.3. The van der Waals surface area contributed by atoms with E-state index in [0.717, 1.165) is 33.4 Å². The fourth-order valence-electron chi connectivity index (χ4n) is 5.12. The third-order valence-corrected chi connectivity index (χ3v) is 7.10. The second-order valence-electron chi connectivity index (χ2n) is 9.73. The molecule has 0 aliphatic heterocycles. The Hall–Kier alpha value is -5.41. The zero-order chi connectivity index (χ0) is 26.7. The van der Waals surface area contributed by atoms with Gasteiger partial charge in [-0.15, -0.1) is 0 Å². The van der Waals surface area contributed by atoms with Crippen LogP contribution in [0.5, 0.6) is 0 Å². The van der Waals surface area contributed by atoms with Gasteiger partial charge in [-0.25, -0.2) is 15.0 Å². The molecule has 7 rings (SSSR count). The molecule has 0 unspecified atom stereocenters. The average molecular weight is 512 g/mol. The monoisotopic (exact) mass is 511 g/mol. The van der Waals surface area contributed by atoms with Gasteiger partial charge in [-0.2, -0.15) is 0 Å². The second kappa shape index (κ2) is 10.4. The quantitative estimate of drug-likeness (QED) is 0.231. The van der Waals surface area contributed by atoms with Gasteiger partial charge in [0.25, 0.3) is 0 Å². The zero-order valence-corrected chi connectivity index (χ0v) is 21.8. The van der Waals surface area contributed by atoms with Gasteiger partial charge in [-0.3, -0.25) is 0 Å². The molecular formula is C37H25N3. The van der Waals surface area contributed by atoms with Gasteiger partial charge in [0.2, 0.25) is 0 Å². The van der Waals surface area contributed by atoms with Crippen LogP contribution in [-0.4, -0.2) is 15.0 Å². The molecule has 0 fully saturated rings. The molecule has 0 saturated heterocycles. The van der Waals surface area contributed by atoms with Crippen molar-refractivity contribution in [3.63, 3.8) is 0 Å². The van der Waals surface area contributed by atoms with E-state index in [-0.39, 0.29) is 0 Å². The topological polar surface area (TPSA) is 38.7 Å². The summed E-state index contributed by atoms with van der Waals surface area (Å²) in [5.74, 6) is 1.95. The molecular weight excluding hydrogens is 486 g/mol. The summed E-state index contributed by atoms with van der Waals surface area (Å²) in [4.78, 5) is 14.9. The lowest BCUT2D eigenvalue weighted by Gasteiger charge is -2.13. The van der Waals surface area contributed by atoms with E-state index < -0.39 is 0 Å². The summed E-state index contributed by atoms with van der Waals surface area (Å²) in [5, 5.41) is 2.43. The molecule has 0 aliphatic carbocycles. The molecule has 0 aliphatic rings. The summed E-state index contributed by atoms with van der Waals surface area (Å²) in [6.45, 7) is 0. The van der Waals surface area contributed by atoms with Gasteiger partial charge in [-0.1, -0.05) is 133 Å². The van der Waals surface area contributed by atoms with E-state index in [1.165, 1.54) is 16.3 Å². The Morgan fingerprint density at radius 1 is 0.300 bits per heavy atom. The van der Waals surface area contributed by atoms with Crippen LogP contribution < -0.4 is 0 Å². The molecule has 1 heterocycles. The largest absolute Gasteiger partial charge is 0.208 e. The maximum absolute atomic E-state index is 5.01. The Morgan fingerprint density at radius 3 is 1.38 bits per heavy atom. The normalized spacial score (nSPS) is 11.0. The molecule has 3 nitrogen and oxygen atoms in total. The average Bonchev–Trinajstić information content (AvgIpc) is 3.05. The number of fused-ring (bicyclic) bond motifs is 1. The third-order valence-electron chi connectivity index (χ3n) is 7.10. The van der Waals surface area contributed by atoms with Gasteiger partial charge < -0.3 is 0 Å². The summed E-state index contributed by atoms with van der Waals surface area (Å²) in [7, 11) is 0. The second-order valence-corrected chi connectivity index (χ2v) is 9.73. The van der Waals surface area contributed by atoms with Crippen molar-refractivity contribution in [3.8, 4) is 56.4 Å². The van der Waals surface area contributed by atoms with Crippen molar-refractivity contribution in [3.05, 3.63) is 152 Å². The number of nitrogens with zero attached hydrogens (tertiary/aromatic N) is 3. The van der Waals surface area contributed by atoms with E-state index in [1.807, 2.05) is 66.7 Å². The molecule has 188 valence electrons. The smallest absolute Gasteiger partial charge is 0.164 e. The SMILES string of the molecule is c1ccc(-c2cc(-c3nc(-c4ccccc4)nc(-c4ccccc4)n3)cc(-c3cccc4ccccc34)c2)cc1. The van der Waals surface area contributed by atoms with Crippen molar-refractivity contribution in [1.82, 2.24) is 15.0 Å². The first kappa shape index (κ1) is 23.7. The minimum atomic E-state index is 0.645. The highest BCUT2D eigenvalue weighted by Gasteiger charge is 2.15. The van der Waals surface area contributed by atoms with Gasteiger partial charge >= 0.3 is 0 Å². The predicted molar refractivity (Wildman–Crippen MR) is 165 cm³/mol. The lowest BCUT2D eigenvalue weighted by atomic mass is 9.93. The van der Waals surface area contributed by atoms with E-state index in [2.05, 4.69) is 84.9 Å². The molecule has 3 heteroatoms. The van der Waals surface area contributed by atoms with E-state index >= 15 is 0 Å². The van der Waals surface area contributed by atoms with Crippen LogP contribution in [0.15, 0.2) is 152 Å². The molecule has 1 aromatic heterocycles. The standard InChI is InChI=1S/C37H25N3/c1-4-13-26(14-5-1)30-23-31(34-22-12-20-27-15-10-11-21-33(27)34)25-32(24-30)37-39-35(28-16-6-2-7-17-28)38-36(40-37)29-18-8-3-9-19-29/h1-25H. The minimum absolute atomic E-state index is 0.645. The van der Waals surface area contributed by atoms with Gasteiger partial charge in [0.1, 0.15) is 0 Å². The van der Waals surface area contributed by atoms with E-state index in [9.17, 15) is 0 Å². The van der Waals surface area contributed by atoms with Gasteiger partial charge in [0, 0.05) is 16.7 Å². The fourth-order valence-corrected chi connectivity index (χ4v) is 5.12. The number of benzene rings is 6. The van der Waals surface area contributed by atoms with Crippen molar-refractivity contribution in [1.29, 1.82) is 0 Å². The number of aromatic nitrogens is 3. The molecule has 0 spiro atoms. The van der Waals surface area contributed by atoms with Crippen LogP contribution in [-0.2, 0) is 0 Å². The summed E-state index contributed by atoms with van der Waals surface area (Å²) >= 11 is 0. The Kier molecular flexibility index (Phi) is 6.15. The van der Waals surface area contributed by atoms with Crippen LogP contribution >= 0.6 is 0 Å². The minimum Gasteiger partial charge on any atom is -0.208 e. The lowest BCUT2D eigenvalue weighted by Crippen LogP contribution is -2.00. The van der Waals surface area contributed by atoms with E-state index in [1.54, 1.807) is 0 Å². The molecule has 0 atom stereocenters. The molecule has 0 radical (unpaired) electrons. The zero-order valence-electron chi connectivity index (χ0n) is 21.8. The first-order valence-electron chi connectivity index (χ1n) is 13.4. The first-order chi connectivity index (χ1) is 19.8. The molecule has 40 heavy (non-hydrogen) atoms. The van der Waals surface area contributed by atoms with Gasteiger partial charge in [0.15, 0.2) is 17.5 Å². The lowest BCUT2D eigenvalue weighted by molar-refractivity contribution is 1.07. The number of hydrogen-bond donors (Lipinski definition) is 0. The van der Waals surface area contributed by atoms with Crippen molar-refractivity contribution < 1.29 is 0 Å². The van der Waals surface area contributed by atoms with Gasteiger partial charge in [-0.05, 0) is 51.2 Å². The van der Waals surface area contributed by atoms with Crippen LogP contribution in [0.1, 0.15) is 0 Å². The fraction of sp³-hybridized carbons (Fsp3) is 0. The Balaban J connectivity index is 1.48. The maximum atomic E-state index is 5.01. The predicted octanol–water partition coefficient (Wildman–Crippen LogP) is 9.36. The van der Waals surface area contributed by atoms with Crippen molar-refractivity contribution in [2.45, 2.75) is 0 Å². The highest BCUT2D eigenvalue weighted by Crippen LogP contribution is 2.36. The van der Waals surface area contributed by atoms with Crippen LogP contribution in [0, 0.1) is 0 Å². The van der Waals surface area contributed by atoms with Crippen LogP contribution in [0.4, 0.5) is 0 Å². The van der Waals surface area contributed by atoms with E-state index in [4.69, 9.17) is 15.0 Å². The molecule has 7 aromatic rings. The number of hydrogen-bond acceptors (Lipinski definition) is 3. The van der Waals surface area contributed by atoms with Gasteiger partial charge in [0.05, 0.1) is 0 Å². The summed E-state index contributed by atoms with van der Waals surface area (Å²) in [5.41, 5.74) is 7.42. The van der Waals surface area contributed by atoms with Crippen LogP contribution in [0.25, 0.3) is 67.2 Å². The van der Waals surface area contributed by atoms with Crippen LogP contribution in [0.3, 0.4) is 0 Å². The highest BCUT2D eigenvalue weighted by molar-refractivity contribution is 5.98.